The first-order valence-electron chi connectivity index (χ1n) is 7.64. The Morgan fingerprint density at radius 2 is 1.79 bits per heavy atom. The first kappa shape index (κ1) is 16.5. The molecule has 0 N–H and O–H groups in total. The highest BCUT2D eigenvalue weighted by atomic mass is 32.2. The van der Waals surface area contributed by atoms with Crippen molar-refractivity contribution in [3.8, 4) is 11.4 Å². The van der Waals surface area contributed by atoms with Crippen molar-refractivity contribution < 1.29 is 4.39 Å². The Morgan fingerprint density at radius 1 is 1.08 bits per heavy atom. The van der Waals surface area contributed by atoms with Crippen molar-refractivity contribution in [1.29, 1.82) is 0 Å². The van der Waals surface area contributed by atoms with Crippen LogP contribution in [0.2, 0.25) is 0 Å². The smallest absolute Gasteiger partial charge is 0.192 e. The lowest BCUT2D eigenvalue weighted by molar-refractivity contribution is 0.626. The minimum atomic E-state index is -0.296. The van der Waals surface area contributed by atoms with Gasteiger partial charge in [0, 0.05) is 5.75 Å². The van der Waals surface area contributed by atoms with Crippen molar-refractivity contribution in [1.82, 2.24) is 14.8 Å². The predicted molar refractivity (Wildman–Crippen MR) is 96.5 cm³/mol. The SMILES string of the molecule is C=C(C)CSc1nnc(-c2ccccc2F)n1Cc1ccccc1. The molecule has 0 radical (unpaired) electrons. The molecule has 2 aromatic carbocycles. The van der Waals surface area contributed by atoms with E-state index in [-0.39, 0.29) is 5.82 Å². The molecule has 122 valence electrons. The van der Waals surface area contributed by atoms with E-state index in [0.29, 0.717) is 17.9 Å². The molecule has 0 atom stereocenters. The van der Waals surface area contributed by atoms with Crippen molar-refractivity contribution in [3.63, 3.8) is 0 Å². The summed E-state index contributed by atoms with van der Waals surface area (Å²) in [5.74, 6) is 1.00. The molecule has 3 aromatic rings. The summed E-state index contributed by atoms with van der Waals surface area (Å²) in [6, 6.07) is 16.7. The molecular formula is C19H18FN3S. The third-order valence-corrected chi connectivity index (χ3v) is 4.66. The van der Waals surface area contributed by atoms with E-state index in [9.17, 15) is 4.39 Å². The van der Waals surface area contributed by atoms with Crippen molar-refractivity contribution in [3.05, 3.63) is 78.1 Å². The fourth-order valence-corrected chi connectivity index (χ4v) is 3.11. The van der Waals surface area contributed by atoms with Gasteiger partial charge >= 0.3 is 0 Å². The van der Waals surface area contributed by atoms with E-state index in [0.717, 1.165) is 22.0 Å². The second-order valence-electron chi connectivity index (χ2n) is 5.60. The molecule has 0 bridgehead atoms. The molecule has 24 heavy (non-hydrogen) atoms. The normalized spacial score (nSPS) is 10.8. The summed E-state index contributed by atoms with van der Waals surface area (Å²) in [6.45, 7) is 6.49. The maximum Gasteiger partial charge on any atom is 0.192 e. The van der Waals surface area contributed by atoms with Gasteiger partial charge in [-0.3, -0.25) is 4.57 Å². The molecule has 1 heterocycles. The third kappa shape index (κ3) is 3.74. The van der Waals surface area contributed by atoms with Crippen LogP contribution in [-0.4, -0.2) is 20.5 Å². The van der Waals surface area contributed by atoms with E-state index in [1.54, 1.807) is 30.0 Å². The number of benzene rings is 2. The molecule has 0 fully saturated rings. The van der Waals surface area contributed by atoms with Crippen molar-refractivity contribution in [2.75, 3.05) is 5.75 Å². The molecular weight excluding hydrogens is 321 g/mol. The average molecular weight is 339 g/mol. The molecule has 5 heteroatoms. The first-order valence-corrected chi connectivity index (χ1v) is 8.63. The highest BCUT2D eigenvalue weighted by Gasteiger charge is 2.17. The lowest BCUT2D eigenvalue weighted by Gasteiger charge is -2.11. The molecule has 0 aliphatic heterocycles. The van der Waals surface area contributed by atoms with Gasteiger partial charge in [-0.25, -0.2) is 4.39 Å². The third-order valence-electron chi connectivity index (χ3n) is 3.46. The Kier molecular flexibility index (Phi) is 5.11. The number of hydrogen-bond donors (Lipinski definition) is 0. The molecule has 3 rings (SSSR count). The minimum Gasteiger partial charge on any atom is -0.297 e. The Labute approximate surface area is 145 Å². The molecule has 0 saturated heterocycles. The largest absolute Gasteiger partial charge is 0.297 e. The summed E-state index contributed by atoms with van der Waals surface area (Å²) in [6.07, 6.45) is 0. The van der Waals surface area contributed by atoms with Crippen LogP contribution in [0.4, 0.5) is 4.39 Å². The number of aromatic nitrogens is 3. The van der Waals surface area contributed by atoms with Gasteiger partial charge in [0.05, 0.1) is 12.1 Å². The fourth-order valence-electron chi connectivity index (χ4n) is 2.33. The van der Waals surface area contributed by atoms with Crippen LogP contribution in [0.5, 0.6) is 0 Å². The van der Waals surface area contributed by atoms with E-state index in [2.05, 4.69) is 16.8 Å². The van der Waals surface area contributed by atoms with Crippen LogP contribution in [0.25, 0.3) is 11.4 Å². The molecule has 3 nitrogen and oxygen atoms in total. The summed E-state index contributed by atoms with van der Waals surface area (Å²) in [5, 5.41) is 9.28. The molecule has 1 aromatic heterocycles. The van der Waals surface area contributed by atoms with Gasteiger partial charge in [-0.15, -0.1) is 10.2 Å². The topological polar surface area (TPSA) is 30.7 Å². The quantitative estimate of drug-likeness (QED) is 0.477. The molecule has 0 spiro atoms. The van der Waals surface area contributed by atoms with Gasteiger partial charge < -0.3 is 0 Å². The first-order chi connectivity index (χ1) is 11.6. The standard InChI is InChI=1S/C19H18FN3S/c1-14(2)13-24-19-22-21-18(16-10-6-7-11-17(16)20)23(19)12-15-8-4-3-5-9-15/h3-11H,1,12-13H2,2H3. The lowest BCUT2D eigenvalue weighted by Crippen LogP contribution is -2.05. The molecule has 0 aliphatic carbocycles. The number of halogens is 1. The number of nitrogens with zero attached hydrogens (tertiary/aromatic N) is 3. The van der Waals surface area contributed by atoms with Gasteiger partial charge in [0.1, 0.15) is 5.82 Å². The zero-order valence-electron chi connectivity index (χ0n) is 13.4. The zero-order valence-corrected chi connectivity index (χ0v) is 14.3. The summed E-state index contributed by atoms with van der Waals surface area (Å²) in [4.78, 5) is 0. The van der Waals surface area contributed by atoms with Crippen molar-refractivity contribution >= 4 is 11.8 Å². The second-order valence-corrected chi connectivity index (χ2v) is 6.55. The summed E-state index contributed by atoms with van der Waals surface area (Å²) >= 11 is 1.56. The second kappa shape index (κ2) is 7.45. The van der Waals surface area contributed by atoms with Gasteiger partial charge in [0.15, 0.2) is 11.0 Å². The highest BCUT2D eigenvalue weighted by molar-refractivity contribution is 7.99. The molecule has 0 amide bonds. The summed E-state index contributed by atoms with van der Waals surface area (Å²) < 4.78 is 16.2. The average Bonchev–Trinajstić information content (AvgIpc) is 2.97. The van der Waals surface area contributed by atoms with Crippen LogP contribution in [0, 0.1) is 5.82 Å². The van der Waals surface area contributed by atoms with E-state index in [4.69, 9.17) is 0 Å². The maximum absolute atomic E-state index is 14.2. The Hall–Kier alpha value is -2.40. The van der Waals surface area contributed by atoms with Crippen molar-refractivity contribution in [2.45, 2.75) is 18.6 Å². The molecule has 0 saturated carbocycles. The van der Waals surface area contributed by atoms with E-state index in [1.165, 1.54) is 6.07 Å². The van der Waals surface area contributed by atoms with Crippen LogP contribution in [0.3, 0.4) is 0 Å². The summed E-state index contributed by atoms with van der Waals surface area (Å²) in [7, 11) is 0. The number of thioether (sulfide) groups is 1. The van der Waals surface area contributed by atoms with Crippen LogP contribution < -0.4 is 0 Å². The minimum absolute atomic E-state index is 0.296. The molecule has 0 unspecified atom stereocenters. The lowest BCUT2D eigenvalue weighted by atomic mass is 10.2. The van der Waals surface area contributed by atoms with Crippen LogP contribution in [-0.2, 0) is 6.54 Å². The van der Waals surface area contributed by atoms with Crippen LogP contribution >= 0.6 is 11.8 Å². The van der Waals surface area contributed by atoms with Crippen LogP contribution in [0.1, 0.15) is 12.5 Å². The van der Waals surface area contributed by atoms with E-state index < -0.39 is 0 Å². The zero-order chi connectivity index (χ0) is 16.9. The van der Waals surface area contributed by atoms with E-state index >= 15 is 0 Å². The fraction of sp³-hybridized carbons (Fsp3) is 0.158. The molecule has 0 aliphatic rings. The highest BCUT2D eigenvalue weighted by Crippen LogP contribution is 2.27. The summed E-state index contributed by atoms with van der Waals surface area (Å²) in [5.41, 5.74) is 2.64. The van der Waals surface area contributed by atoms with Gasteiger partial charge in [0.2, 0.25) is 0 Å². The number of hydrogen-bond acceptors (Lipinski definition) is 3. The van der Waals surface area contributed by atoms with Crippen molar-refractivity contribution in [2.24, 2.45) is 0 Å². The van der Waals surface area contributed by atoms with Gasteiger partial charge in [-0.05, 0) is 24.6 Å². The van der Waals surface area contributed by atoms with E-state index in [1.807, 2.05) is 41.8 Å². The predicted octanol–water partition coefficient (Wildman–Crippen LogP) is 4.80. The van der Waals surface area contributed by atoms with Gasteiger partial charge in [-0.2, -0.15) is 0 Å². The Balaban J connectivity index is 2.02. The Morgan fingerprint density at radius 3 is 2.50 bits per heavy atom. The van der Waals surface area contributed by atoms with Crippen LogP contribution in [0.15, 0.2) is 71.9 Å². The van der Waals surface area contributed by atoms with Gasteiger partial charge in [-0.1, -0.05) is 66.4 Å². The monoisotopic (exact) mass is 339 g/mol. The Bertz CT molecular complexity index is 843. The van der Waals surface area contributed by atoms with Gasteiger partial charge in [0.25, 0.3) is 0 Å². The maximum atomic E-state index is 14.2. The number of rotatable bonds is 6.